The number of hydrogen-bond donors (Lipinski definition) is 8. The number of H-pyrrole nitrogens is 1. The van der Waals surface area contributed by atoms with Crippen LogP contribution in [0.1, 0.15) is 45.1 Å². The van der Waals surface area contributed by atoms with Gasteiger partial charge < -0.3 is 42.6 Å². The maximum atomic E-state index is 13.2. The molecule has 1 heterocycles. The molecular weight excluding hydrogens is 492 g/mol. The molecule has 38 heavy (non-hydrogen) atoms. The summed E-state index contributed by atoms with van der Waals surface area (Å²) in [5, 5.41) is 27.7. The number of aliphatic hydroxyl groups excluding tert-OH is 1. The van der Waals surface area contributed by atoms with Crippen molar-refractivity contribution >= 4 is 34.6 Å². The number of nitrogens with one attached hydrogen (secondary N) is 4. The van der Waals surface area contributed by atoms with Crippen molar-refractivity contribution in [1.29, 1.82) is 0 Å². The van der Waals surface area contributed by atoms with Gasteiger partial charge in [0.25, 0.3) is 0 Å². The van der Waals surface area contributed by atoms with Gasteiger partial charge in [0, 0.05) is 23.5 Å². The summed E-state index contributed by atoms with van der Waals surface area (Å²) in [6.07, 6.45) is 3.65. The molecule has 10 N–H and O–H groups in total. The lowest BCUT2D eigenvalue weighted by molar-refractivity contribution is -0.142. The molecule has 12 heteroatoms. The molecule has 3 amide bonds. The number of rotatable bonds is 16. The average molecular weight is 533 g/mol. The summed E-state index contributed by atoms with van der Waals surface area (Å²) in [4.78, 5) is 53.6. The van der Waals surface area contributed by atoms with Gasteiger partial charge in [-0.2, -0.15) is 0 Å². The summed E-state index contributed by atoms with van der Waals surface area (Å²) in [6.45, 7) is 3.42. The Kier molecular flexibility index (Phi) is 12.2. The molecule has 0 aliphatic heterocycles. The molecule has 0 bridgehead atoms. The van der Waals surface area contributed by atoms with E-state index in [1.54, 1.807) is 6.20 Å². The van der Waals surface area contributed by atoms with Crippen molar-refractivity contribution in [3.05, 3.63) is 36.0 Å². The van der Waals surface area contributed by atoms with Crippen LogP contribution in [0.15, 0.2) is 30.5 Å². The first-order chi connectivity index (χ1) is 18.1. The van der Waals surface area contributed by atoms with E-state index in [1.165, 1.54) is 0 Å². The van der Waals surface area contributed by atoms with E-state index in [2.05, 4.69) is 20.9 Å². The van der Waals surface area contributed by atoms with Gasteiger partial charge in [0.15, 0.2) is 0 Å². The third-order valence-corrected chi connectivity index (χ3v) is 6.18. The number of unbranched alkanes of at least 4 members (excludes halogenated alkanes) is 1. The van der Waals surface area contributed by atoms with Crippen molar-refractivity contribution < 1.29 is 29.4 Å². The zero-order valence-electron chi connectivity index (χ0n) is 21.9. The van der Waals surface area contributed by atoms with Crippen molar-refractivity contribution in [3.63, 3.8) is 0 Å². The number of carbonyl (C=O) groups excluding carboxylic acids is 3. The zero-order valence-corrected chi connectivity index (χ0v) is 21.9. The smallest absolute Gasteiger partial charge is 0.326 e. The van der Waals surface area contributed by atoms with Gasteiger partial charge in [-0.1, -0.05) is 38.5 Å². The van der Waals surface area contributed by atoms with Crippen molar-refractivity contribution in [2.45, 2.75) is 70.1 Å². The number of carboxylic acid groups (broad SMARTS) is 1. The molecule has 1 aromatic heterocycles. The molecule has 0 aliphatic carbocycles. The summed E-state index contributed by atoms with van der Waals surface area (Å²) in [5.74, 6) is -3.30. The largest absolute Gasteiger partial charge is 0.480 e. The van der Waals surface area contributed by atoms with Gasteiger partial charge >= 0.3 is 5.97 Å². The number of amides is 3. The van der Waals surface area contributed by atoms with Gasteiger partial charge in [-0.15, -0.1) is 0 Å². The quantitative estimate of drug-likeness (QED) is 0.135. The van der Waals surface area contributed by atoms with Crippen molar-refractivity contribution in [1.82, 2.24) is 20.9 Å². The molecule has 0 radical (unpaired) electrons. The second kappa shape index (κ2) is 15.1. The van der Waals surface area contributed by atoms with Crippen LogP contribution < -0.4 is 27.4 Å². The van der Waals surface area contributed by atoms with Gasteiger partial charge in [0.05, 0.1) is 12.6 Å². The number of fused-ring (bicyclic) bond motifs is 1. The van der Waals surface area contributed by atoms with E-state index < -0.39 is 54.5 Å². The third-order valence-electron chi connectivity index (χ3n) is 6.18. The first-order valence-electron chi connectivity index (χ1n) is 12.8. The molecule has 0 saturated heterocycles. The normalized spacial score (nSPS) is 14.5. The number of carboxylic acids is 1. The Labute approximate surface area is 221 Å². The Bertz CT molecular complexity index is 1090. The topological polar surface area (TPSA) is 213 Å². The number of nitrogens with two attached hydrogens (primary N) is 2. The number of aromatic nitrogens is 1. The number of carbonyl (C=O) groups is 4. The third kappa shape index (κ3) is 9.12. The molecule has 1 aromatic carbocycles. The predicted molar refractivity (Wildman–Crippen MR) is 143 cm³/mol. The van der Waals surface area contributed by atoms with E-state index in [9.17, 15) is 29.4 Å². The summed E-state index contributed by atoms with van der Waals surface area (Å²) in [6, 6.07) is 2.85. The Balaban J connectivity index is 2.21. The summed E-state index contributed by atoms with van der Waals surface area (Å²) < 4.78 is 0. The highest BCUT2D eigenvalue weighted by molar-refractivity contribution is 5.95. The molecule has 4 atom stereocenters. The first kappa shape index (κ1) is 30.7. The van der Waals surface area contributed by atoms with Crippen molar-refractivity contribution in [2.75, 3.05) is 13.2 Å². The Morgan fingerprint density at radius 2 is 1.58 bits per heavy atom. The lowest BCUT2D eigenvalue weighted by Crippen LogP contribution is -2.58. The van der Waals surface area contributed by atoms with Gasteiger partial charge in [0.1, 0.15) is 18.1 Å². The molecule has 4 unspecified atom stereocenters. The summed E-state index contributed by atoms with van der Waals surface area (Å²) in [7, 11) is 0. The second-order valence-corrected chi connectivity index (χ2v) is 9.79. The van der Waals surface area contributed by atoms with Gasteiger partial charge in [-0.25, -0.2) is 4.79 Å². The molecule has 2 aromatic rings. The van der Waals surface area contributed by atoms with Crippen LogP contribution in [-0.4, -0.2) is 76.2 Å². The Morgan fingerprint density at radius 1 is 0.947 bits per heavy atom. The minimum atomic E-state index is -1.35. The van der Waals surface area contributed by atoms with Gasteiger partial charge in [-0.05, 0) is 43.4 Å². The minimum absolute atomic E-state index is 0.00102. The highest BCUT2D eigenvalue weighted by Gasteiger charge is 2.31. The molecule has 0 aliphatic rings. The highest BCUT2D eigenvalue weighted by atomic mass is 16.4. The lowest BCUT2D eigenvalue weighted by Gasteiger charge is -2.25. The summed E-state index contributed by atoms with van der Waals surface area (Å²) >= 11 is 0. The SMILES string of the molecule is CC(C)CC(NC(=O)C(Cc1c[nH]c2ccccc12)NC(=O)C(CO)NC(=O)C(N)CCCCN)C(=O)O. The Morgan fingerprint density at radius 3 is 2.21 bits per heavy atom. The van der Waals surface area contributed by atoms with Crippen LogP contribution in [0, 0.1) is 5.92 Å². The van der Waals surface area contributed by atoms with Gasteiger partial charge in [0.2, 0.25) is 17.7 Å². The zero-order chi connectivity index (χ0) is 28.2. The average Bonchev–Trinajstić information content (AvgIpc) is 3.28. The highest BCUT2D eigenvalue weighted by Crippen LogP contribution is 2.19. The molecule has 0 spiro atoms. The maximum absolute atomic E-state index is 13.2. The number of aliphatic carboxylic acids is 1. The second-order valence-electron chi connectivity index (χ2n) is 9.79. The number of aliphatic hydroxyl groups is 1. The molecule has 2 rings (SSSR count). The van der Waals surface area contributed by atoms with Crippen LogP contribution in [0.2, 0.25) is 0 Å². The van der Waals surface area contributed by atoms with Crippen LogP contribution >= 0.6 is 0 Å². The van der Waals surface area contributed by atoms with E-state index >= 15 is 0 Å². The van der Waals surface area contributed by atoms with Crippen molar-refractivity contribution in [2.24, 2.45) is 17.4 Å². The molecule has 210 valence electrons. The van der Waals surface area contributed by atoms with E-state index in [-0.39, 0.29) is 18.8 Å². The fourth-order valence-electron chi connectivity index (χ4n) is 4.08. The fourth-order valence-corrected chi connectivity index (χ4v) is 4.08. The first-order valence-corrected chi connectivity index (χ1v) is 12.8. The van der Waals surface area contributed by atoms with E-state index in [0.29, 0.717) is 25.8 Å². The number of hydrogen-bond acceptors (Lipinski definition) is 7. The van der Waals surface area contributed by atoms with E-state index in [4.69, 9.17) is 11.5 Å². The lowest BCUT2D eigenvalue weighted by atomic mass is 10.0. The summed E-state index contributed by atoms with van der Waals surface area (Å²) in [5.41, 5.74) is 12.9. The van der Waals surface area contributed by atoms with Crippen LogP contribution in [-0.2, 0) is 25.6 Å². The minimum Gasteiger partial charge on any atom is -0.480 e. The van der Waals surface area contributed by atoms with Gasteiger partial charge in [-0.3, -0.25) is 14.4 Å². The fraction of sp³-hybridized carbons (Fsp3) is 0.538. The molecule has 12 nitrogen and oxygen atoms in total. The maximum Gasteiger partial charge on any atom is 0.326 e. The van der Waals surface area contributed by atoms with Crippen LogP contribution in [0.5, 0.6) is 0 Å². The molecule has 0 saturated carbocycles. The molecular formula is C26H40N6O6. The number of aromatic amines is 1. The predicted octanol–water partition coefficient (Wildman–Crippen LogP) is -0.256. The standard InChI is InChI=1S/C26H40N6O6/c1-15(2)11-21(26(37)38)31-24(35)20(12-16-13-29-19-9-4-3-7-17(16)19)30-25(36)22(14-33)32-23(34)18(28)8-5-6-10-27/h3-4,7,9,13,15,18,20-22,29,33H,5-6,8,10-12,14,27-28H2,1-2H3,(H,30,36)(H,31,35)(H,32,34)(H,37,38). The Hall–Kier alpha value is -3.48. The van der Waals surface area contributed by atoms with Crippen LogP contribution in [0.3, 0.4) is 0 Å². The number of benzene rings is 1. The monoisotopic (exact) mass is 532 g/mol. The number of para-hydroxylation sites is 1. The van der Waals surface area contributed by atoms with Crippen LogP contribution in [0.25, 0.3) is 10.9 Å². The van der Waals surface area contributed by atoms with E-state index in [0.717, 1.165) is 16.5 Å². The van der Waals surface area contributed by atoms with Crippen molar-refractivity contribution in [3.8, 4) is 0 Å². The van der Waals surface area contributed by atoms with E-state index in [1.807, 2.05) is 38.1 Å². The molecule has 0 fully saturated rings. The van der Waals surface area contributed by atoms with Crippen LogP contribution in [0.4, 0.5) is 0 Å².